The van der Waals surface area contributed by atoms with Gasteiger partial charge in [0.25, 0.3) is 0 Å². The fourth-order valence-corrected chi connectivity index (χ4v) is 4.73. The minimum atomic E-state index is -0.500. The smallest absolute Gasteiger partial charge is 0.120 e. The molecule has 33 heavy (non-hydrogen) atoms. The first-order valence-electron chi connectivity index (χ1n) is 11.5. The molecule has 0 spiro atoms. The van der Waals surface area contributed by atoms with E-state index in [1.807, 2.05) is 12.3 Å². The van der Waals surface area contributed by atoms with Crippen molar-refractivity contribution in [3.63, 3.8) is 0 Å². The summed E-state index contributed by atoms with van der Waals surface area (Å²) in [6, 6.07) is 23.9. The molecule has 2 aliphatic carbocycles. The summed E-state index contributed by atoms with van der Waals surface area (Å²) in [5.74, 6) is 0.597. The van der Waals surface area contributed by atoms with Gasteiger partial charge in [0, 0.05) is 53.5 Å². The molecule has 0 saturated heterocycles. The monoisotopic (exact) mass is 437 g/mol. The van der Waals surface area contributed by atoms with Crippen LogP contribution in [0.15, 0.2) is 72.9 Å². The number of carboxylic acid groups (broad SMARTS) is 1. The summed E-state index contributed by atoms with van der Waals surface area (Å²) < 4.78 is 0. The van der Waals surface area contributed by atoms with Crippen LogP contribution in [0.4, 0.5) is 0 Å². The van der Waals surface area contributed by atoms with Crippen molar-refractivity contribution in [2.45, 2.75) is 43.6 Å². The van der Waals surface area contributed by atoms with E-state index in [4.69, 9.17) is 19.9 Å². The standard InChI is InChI=1S/C27H25N3.CH2O2/c28-27(14-4-15-27)21-11-9-20(10-12-21)26-22(18-5-2-1-3-6-18)17-23-24(30-26)13-16-29-25(23)19-7-8-19;2-1-3/h1-3,5-6,9-13,16-17,19H,4,7-8,14-15,28H2;1H,(H,2,3). The van der Waals surface area contributed by atoms with Gasteiger partial charge in [-0.2, -0.15) is 0 Å². The molecule has 4 aromatic rings. The second kappa shape index (κ2) is 8.75. The molecule has 2 fully saturated rings. The molecular formula is C28H27N3O2. The summed E-state index contributed by atoms with van der Waals surface area (Å²) >= 11 is 0. The molecule has 2 aliphatic rings. The van der Waals surface area contributed by atoms with Crippen molar-refractivity contribution in [3.8, 4) is 22.4 Å². The second-order valence-electron chi connectivity index (χ2n) is 9.10. The van der Waals surface area contributed by atoms with Crippen LogP contribution in [0.2, 0.25) is 0 Å². The molecule has 166 valence electrons. The number of benzene rings is 2. The Kier molecular flexibility index (Phi) is 5.65. The highest BCUT2D eigenvalue weighted by atomic mass is 16.3. The fraction of sp³-hybridized carbons (Fsp3) is 0.250. The second-order valence-corrected chi connectivity index (χ2v) is 9.10. The molecule has 2 aromatic heterocycles. The normalized spacial score (nSPS) is 16.4. The third kappa shape index (κ3) is 4.12. The van der Waals surface area contributed by atoms with Gasteiger partial charge in [-0.05, 0) is 37.0 Å². The molecule has 2 saturated carbocycles. The zero-order chi connectivity index (χ0) is 22.8. The fourth-order valence-electron chi connectivity index (χ4n) is 4.73. The topological polar surface area (TPSA) is 93.5 Å². The van der Waals surface area contributed by atoms with Crippen LogP contribution in [0.3, 0.4) is 0 Å². The van der Waals surface area contributed by atoms with E-state index in [2.05, 4.69) is 66.4 Å². The van der Waals surface area contributed by atoms with Crippen LogP contribution in [0.1, 0.15) is 49.3 Å². The van der Waals surface area contributed by atoms with E-state index >= 15 is 0 Å². The Morgan fingerprint density at radius 2 is 1.67 bits per heavy atom. The Balaban J connectivity index is 0.000000724. The van der Waals surface area contributed by atoms with E-state index in [-0.39, 0.29) is 5.54 Å². The minimum absolute atomic E-state index is 0.114. The number of pyridine rings is 2. The van der Waals surface area contributed by atoms with Gasteiger partial charge in [0.1, 0.15) is 5.54 Å². The van der Waals surface area contributed by atoms with Crippen molar-refractivity contribution in [3.05, 3.63) is 84.2 Å². The number of quaternary nitrogens is 1. The van der Waals surface area contributed by atoms with Gasteiger partial charge in [-0.1, -0.05) is 54.6 Å². The zero-order valence-electron chi connectivity index (χ0n) is 18.5. The van der Waals surface area contributed by atoms with Gasteiger partial charge in [0.05, 0.1) is 16.9 Å². The average molecular weight is 438 g/mol. The SMILES string of the molecule is O=C[O-].[NH3+]C1(c2ccc(-c3nc4ccnc(C5CC5)c4cc3-c3ccccc3)cc2)CCC1. The summed E-state index contributed by atoms with van der Waals surface area (Å²) in [4.78, 5) is 18.1. The lowest BCUT2D eigenvalue weighted by molar-refractivity contribution is -0.509. The Hall–Kier alpha value is -3.57. The lowest BCUT2D eigenvalue weighted by Crippen LogP contribution is -2.73. The van der Waals surface area contributed by atoms with E-state index in [9.17, 15) is 0 Å². The molecule has 0 radical (unpaired) electrons. The van der Waals surface area contributed by atoms with Crippen molar-refractivity contribution in [2.24, 2.45) is 0 Å². The molecular weight excluding hydrogens is 410 g/mol. The number of aromatic nitrogens is 2. The van der Waals surface area contributed by atoms with Gasteiger partial charge >= 0.3 is 0 Å². The molecule has 0 amide bonds. The summed E-state index contributed by atoms with van der Waals surface area (Å²) in [5.41, 5.74) is 12.8. The van der Waals surface area contributed by atoms with E-state index < -0.39 is 6.47 Å². The number of rotatable bonds is 4. The third-order valence-corrected chi connectivity index (χ3v) is 6.90. The van der Waals surface area contributed by atoms with Crippen LogP contribution in [-0.4, -0.2) is 16.4 Å². The van der Waals surface area contributed by atoms with Crippen LogP contribution in [-0.2, 0) is 10.3 Å². The predicted octanol–water partition coefficient (Wildman–Crippen LogP) is 3.83. The molecule has 0 atom stereocenters. The Bertz CT molecular complexity index is 1280. The van der Waals surface area contributed by atoms with Crippen molar-refractivity contribution >= 4 is 17.4 Å². The maximum absolute atomic E-state index is 8.25. The van der Waals surface area contributed by atoms with E-state index in [1.54, 1.807) is 0 Å². The van der Waals surface area contributed by atoms with E-state index in [1.165, 1.54) is 59.9 Å². The molecule has 0 aliphatic heterocycles. The lowest BCUT2D eigenvalue weighted by Gasteiger charge is -2.34. The lowest BCUT2D eigenvalue weighted by atomic mass is 9.72. The minimum Gasteiger partial charge on any atom is -0.554 e. The van der Waals surface area contributed by atoms with Crippen LogP contribution in [0, 0.1) is 0 Å². The van der Waals surface area contributed by atoms with Crippen LogP contribution in [0.25, 0.3) is 33.3 Å². The summed E-state index contributed by atoms with van der Waals surface area (Å²) in [6.07, 6.45) is 8.05. The Morgan fingerprint density at radius 1 is 0.970 bits per heavy atom. The first-order chi connectivity index (χ1) is 16.1. The summed E-state index contributed by atoms with van der Waals surface area (Å²) in [6.45, 7) is -0.500. The molecule has 2 aromatic carbocycles. The number of fused-ring (bicyclic) bond motifs is 1. The molecule has 0 unspecified atom stereocenters. The molecule has 6 rings (SSSR count). The van der Waals surface area contributed by atoms with Gasteiger partial charge in [-0.25, -0.2) is 4.98 Å². The van der Waals surface area contributed by atoms with Gasteiger partial charge in [0.2, 0.25) is 0 Å². The first-order valence-corrected chi connectivity index (χ1v) is 11.5. The molecule has 3 N–H and O–H groups in total. The molecule has 5 heteroatoms. The van der Waals surface area contributed by atoms with Crippen LogP contribution in [0.5, 0.6) is 0 Å². The average Bonchev–Trinajstić information content (AvgIpc) is 3.68. The van der Waals surface area contributed by atoms with Crippen LogP contribution >= 0.6 is 0 Å². The highest BCUT2D eigenvalue weighted by Crippen LogP contribution is 2.43. The third-order valence-electron chi connectivity index (χ3n) is 6.90. The van der Waals surface area contributed by atoms with Crippen LogP contribution < -0.4 is 10.8 Å². The molecule has 0 bridgehead atoms. The summed E-state index contributed by atoms with van der Waals surface area (Å²) in [7, 11) is 0. The van der Waals surface area contributed by atoms with Gasteiger partial charge in [-0.3, -0.25) is 4.98 Å². The van der Waals surface area contributed by atoms with Gasteiger partial charge in [-0.15, -0.1) is 0 Å². The number of carbonyl (C=O) groups excluding carboxylic acids is 1. The zero-order valence-corrected chi connectivity index (χ0v) is 18.5. The number of nitrogens with zero attached hydrogens (tertiary/aromatic N) is 2. The summed E-state index contributed by atoms with van der Waals surface area (Å²) in [5, 5.41) is 9.45. The van der Waals surface area contributed by atoms with Crippen molar-refractivity contribution < 1.29 is 15.6 Å². The molecule has 5 nitrogen and oxygen atoms in total. The first kappa shape index (κ1) is 21.3. The van der Waals surface area contributed by atoms with Crippen molar-refractivity contribution in [1.82, 2.24) is 9.97 Å². The quantitative estimate of drug-likeness (QED) is 0.491. The number of hydrogen-bond donors (Lipinski definition) is 1. The Morgan fingerprint density at radius 3 is 2.27 bits per heavy atom. The van der Waals surface area contributed by atoms with Crippen molar-refractivity contribution in [1.29, 1.82) is 0 Å². The number of carbonyl (C=O) groups is 1. The highest BCUT2D eigenvalue weighted by molar-refractivity contribution is 5.93. The van der Waals surface area contributed by atoms with Crippen molar-refractivity contribution in [2.75, 3.05) is 0 Å². The van der Waals surface area contributed by atoms with E-state index in [0.29, 0.717) is 5.92 Å². The highest BCUT2D eigenvalue weighted by Gasteiger charge is 2.38. The Labute approximate surface area is 193 Å². The largest absolute Gasteiger partial charge is 0.554 e. The molecule has 2 heterocycles. The van der Waals surface area contributed by atoms with E-state index in [0.717, 1.165) is 16.8 Å². The maximum Gasteiger partial charge on any atom is 0.120 e. The predicted molar refractivity (Wildman–Crippen MR) is 127 cm³/mol. The van der Waals surface area contributed by atoms with Gasteiger partial charge < -0.3 is 15.6 Å². The number of hydrogen-bond acceptors (Lipinski definition) is 4. The maximum atomic E-state index is 8.25. The van der Waals surface area contributed by atoms with Gasteiger partial charge in [0.15, 0.2) is 0 Å².